The Morgan fingerprint density at radius 1 is 1.32 bits per heavy atom. The second-order valence-corrected chi connectivity index (χ2v) is 10.7. The highest BCUT2D eigenvalue weighted by Crippen LogP contribution is 2.52. The molecule has 1 aromatic carbocycles. The molecular weight excluding hydrogens is 451 g/mol. The van der Waals surface area contributed by atoms with Crippen molar-refractivity contribution in [2.75, 3.05) is 18.8 Å². The number of carbonyl (C=O) groups is 1. The molecule has 1 heterocycles. The van der Waals surface area contributed by atoms with Gasteiger partial charge in [-0.2, -0.15) is 0 Å². The van der Waals surface area contributed by atoms with E-state index in [2.05, 4.69) is 28.3 Å². The van der Waals surface area contributed by atoms with Crippen LogP contribution in [0.25, 0.3) is 0 Å². The van der Waals surface area contributed by atoms with E-state index in [1.165, 1.54) is 43.5 Å². The summed E-state index contributed by atoms with van der Waals surface area (Å²) in [5.41, 5.74) is 0.959. The molecule has 0 aliphatic heterocycles. The van der Waals surface area contributed by atoms with Crippen molar-refractivity contribution in [2.24, 2.45) is 17.8 Å². The lowest BCUT2D eigenvalue weighted by Crippen LogP contribution is -2.33. The van der Waals surface area contributed by atoms with Crippen LogP contribution in [0.15, 0.2) is 41.6 Å². The highest BCUT2D eigenvalue weighted by molar-refractivity contribution is 7.99. The van der Waals surface area contributed by atoms with E-state index in [9.17, 15) is 9.18 Å². The zero-order chi connectivity index (χ0) is 24.2. The number of fused-ring (bicyclic) bond motifs is 2. The number of benzene rings is 1. The largest absolute Gasteiger partial charge is 0.483 e. The molecule has 2 fully saturated rings. The summed E-state index contributed by atoms with van der Waals surface area (Å²) in [6.45, 7) is 11.4. The summed E-state index contributed by atoms with van der Waals surface area (Å²) < 4.78 is 22.0. The fourth-order valence-corrected chi connectivity index (χ4v) is 6.56. The molecule has 2 aliphatic rings. The van der Waals surface area contributed by atoms with Crippen molar-refractivity contribution >= 4 is 17.7 Å². The Kier molecular flexibility index (Phi) is 7.96. The molecule has 4 rings (SSSR count). The molecule has 0 N–H and O–H groups in total. The second-order valence-electron chi connectivity index (χ2n) is 9.72. The van der Waals surface area contributed by atoms with Gasteiger partial charge < -0.3 is 9.64 Å². The predicted molar refractivity (Wildman–Crippen MR) is 132 cm³/mol. The third-order valence-electron chi connectivity index (χ3n) is 7.27. The number of carbonyl (C=O) groups excluding carboxylic acids is 1. The average molecular weight is 487 g/mol. The highest BCUT2D eigenvalue weighted by atomic mass is 32.2. The molecule has 8 heteroatoms. The number of hydrogen-bond acceptors (Lipinski definition) is 5. The maximum absolute atomic E-state index is 14.1. The van der Waals surface area contributed by atoms with Gasteiger partial charge in [0, 0.05) is 19.1 Å². The molecule has 1 amide bonds. The Morgan fingerprint density at radius 3 is 2.76 bits per heavy atom. The number of aromatic nitrogens is 3. The van der Waals surface area contributed by atoms with Crippen LogP contribution < -0.4 is 4.74 Å². The lowest BCUT2D eigenvalue weighted by molar-refractivity contribution is -0.127. The number of hydrogen-bond donors (Lipinski definition) is 0. The van der Waals surface area contributed by atoms with Gasteiger partial charge in [-0.25, -0.2) is 4.39 Å². The number of halogens is 1. The van der Waals surface area contributed by atoms with Crippen molar-refractivity contribution in [1.29, 1.82) is 0 Å². The van der Waals surface area contributed by atoms with Gasteiger partial charge in [0.25, 0.3) is 0 Å². The van der Waals surface area contributed by atoms with Gasteiger partial charge in [0.2, 0.25) is 5.91 Å². The Hall–Kier alpha value is -2.35. The number of nitrogens with zero attached hydrogens (tertiary/aromatic N) is 4. The van der Waals surface area contributed by atoms with E-state index in [1.807, 2.05) is 13.8 Å². The van der Waals surface area contributed by atoms with E-state index in [0.29, 0.717) is 24.8 Å². The number of likely N-dealkylation sites (N-methyl/N-ethyl adjacent to an activating group) is 1. The molecule has 1 aromatic heterocycles. The molecule has 6 nitrogen and oxygen atoms in total. The number of amides is 1. The molecule has 34 heavy (non-hydrogen) atoms. The fraction of sp³-hybridized carbons (Fsp3) is 0.577. The zero-order valence-electron chi connectivity index (χ0n) is 20.4. The first-order valence-corrected chi connectivity index (χ1v) is 13.2. The molecule has 184 valence electrons. The molecule has 0 spiro atoms. The van der Waals surface area contributed by atoms with Crippen LogP contribution in [0, 0.1) is 23.6 Å². The summed E-state index contributed by atoms with van der Waals surface area (Å²) in [5, 5.41) is 9.57. The quantitative estimate of drug-likeness (QED) is 0.310. The van der Waals surface area contributed by atoms with E-state index < -0.39 is 5.82 Å². The van der Waals surface area contributed by atoms with Crippen molar-refractivity contribution in [3.05, 3.63) is 48.1 Å². The van der Waals surface area contributed by atoms with Crippen LogP contribution in [0.2, 0.25) is 0 Å². The minimum atomic E-state index is -0.396. The second kappa shape index (κ2) is 10.9. The topological polar surface area (TPSA) is 60.3 Å². The van der Waals surface area contributed by atoms with Gasteiger partial charge in [0.05, 0.1) is 5.75 Å². The van der Waals surface area contributed by atoms with Crippen molar-refractivity contribution in [3.63, 3.8) is 0 Å². The Morgan fingerprint density at radius 2 is 2.12 bits per heavy atom. The third kappa shape index (κ3) is 5.48. The summed E-state index contributed by atoms with van der Waals surface area (Å²) in [7, 11) is 0. The number of ether oxygens (including phenoxy) is 1. The molecule has 2 saturated carbocycles. The molecule has 2 aliphatic carbocycles. The normalized spacial score (nSPS) is 22.1. The third-order valence-corrected chi connectivity index (χ3v) is 8.20. The maximum atomic E-state index is 14.1. The summed E-state index contributed by atoms with van der Waals surface area (Å²) in [5.74, 6) is 2.94. The molecule has 4 unspecified atom stereocenters. The van der Waals surface area contributed by atoms with Crippen LogP contribution in [-0.2, 0) is 11.4 Å². The van der Waals surface area contributed by atoms with Gasteiger partial charge in [-0.1, -0.05) is 42.5 Å². The van der Waals surface area contributed by atoms with E-state index in [4.69, 9.17) is 4.74 Å². The molecule has 4 atom stereocenters. The monoisotopic (exact) mass is 486 g/mol. The Bertz CT molecular complexity index is 1030. The standard InChI is InChI=1S/C26H35FN4O2S/c1-5-30(14-17(2)3)25(32)16-34-26-29-28-24(15-33-23-9-7-6-8-22(23)27)31(26)18(4)21-13-19-10-11-20(21)12-19/h6-9,18-21H,2,5,10-16H2,1,3-4H3. The van der Waals surface area contributed by atoms with Gasteiger partial charge in [-0.15, -0.1) is 10.2 Å². The minimum absolute atomic E-state index is 0.0572. The SMILES string of the molecule is C=C(C)CN(CC)C(=O)CSc1nnc(COc2ccccc2F)n1C(C)C1CC2CCC1C2. The summed E-state index contributed by atoms with van der Waals surface area (Å²) in [4.78, 5) is 14.6. The smallest absolute Gasteiger partial charge is 0.233 e. The minimum Gasteiger partial charge on any atom is -0.483 e. The first-order valence-electron chi connectivity index (χ1n) is 12.2. The van der Waals surface area contributed by atoms with Gasteiger partial charge in [0.1, 0.15) is 6.61 Å². The lowest BCUT2D eigenvalue weighted by Gasteiger charge is -2.30. The summed E-state index contributed by atoms with van der Waals surface area (Å²) in [6.07, 6.45) is 5.16. The van der Waals surface area contributed by atoms with Gasteiger partial charge >= 0.3 is 0 Å². The summed E-state index contributed by atoms with van der Waals surface area (Å²) in [6, 6.07) is 6.58. The molecule has 2 bridgehead atoms. The first-order chi connectivity index (χ1) is 16.4. The highest BCUT2D eigenvalue weighted by Gasteiger charge is 2.43. The summed E-state index contributed by atoms with van der Waals surface area (Å²) >= 11 is 1.42. The first kappa shape index (κ1) is 24.8. The van der Waals surface area contributed by atoms with Crippen LogP contribution in [0.1, 0.15) is 58.3 Å². The van der Waals surface area contributed by atoms with Crippen molar-refractivity contribution in [2.45, 2.75) is 64.3 Å². The molecular formula is C26H35FN4O2S. The van der Waals surface area contributed by atoms with Gasteiger partial charge in [-0.05, 0) is 69.9 Å². The van der Waals surface area contributed by atoms with E-state index in [0.717, 1.165) is 22.6 Å². The molecule has 0 saturated heterocycles. The van der Waals surface area contributed by atoms with E-state index in [-0.39, 0.29) is 30.1 Å². The zero-order valence-corrected chi connectivity index (χ0v) is 21.2. The molecule has 2 aromatic rings. The van der Waals surface area contributed by atoms with E-state index >= 15 is 0 Å². The average Bonchev–Trinajstić information content (AvgIpc) is 3.55. The molecule has 0 radical (unpaired) electrons. The number of rotatable bonds is 11. The maximum Gasteiger partial charge on any atom is 0.233 e. The lowest BCUT2D eigenvalue weighted by atomic mass is 9.84. The van der Waals surface area contributed by atoms with Crippen LogP contribution in [0.5, 0.6) is 5.75 Å². The van der Waals surface area contributed by atoms with Crippen molar-refractivity contribution in [1.82, 2.24) is 19.7 Å². The number of para-hydroxylation sites is 1. The van der Waals surface area contributed by atoms with Crippen LogP contribution >= 0.6 is 11.8 Å². The van der Waals surface area contributed by atoms with Crippen molar-refractivity contribution < 1.29 is 13.9 Å². The van der Waals surface area contributed by atoms with Crippen LogP contribution in [0.4, 0.5) is 4.39 Å². The van der Waals surface area contributed by atoms with Crippen molar-refractivity contribution in [3.8, 4) is 5.75 Å². The van der Waals surface area contributed by atoms with E-state index in [1.54, 1.807) is 23.1 Å². The van der Waals surface area contributed by atoms with Gasteiger partial charge in [-0.3, -0.25) is 9.36 Å². The number of thioether (sulfide) groups is 1. The Labute approximate surface area is 206 Å². The van der Waals surface area contributed by atoms with Crippen LogP contribution in [-0.4, -0.2) is 44.4 Å². The van der Waals surface area contributed by atoms with Gasteiger partial charge in [0.15, 0.2) is 22.5 Å². The van der Waals surface area contributed by atoms with Crippen LogP contribution in [0.3, 0.4) is 0 Å². The predicted octanol–water partition coefficient (Wildman–Crippen LogP) is 5.51. The Balaban J connectivity index is 1.52. The fourth-order valence-electron chi connectivity index (χ4n) is 5.61.